The van der Waals surface area contributed by atoms with Crippen molar-refractivity contribution in [1.29, 1.82) is 5.26 Å². The zero-order valence-electron chi connectivity index (χ0n) is 18.7. The van der Waals surface area contributed by atoms with Crippen LogP contribution in [0.4, 0.5) is 5.69 Å². The van der Waals surface area contributed by atoms with E-state index in [4.69, 9.17) is 0 Å². The summed E-state index contributed by atoms with van der Waals surface area (Å²) in [6.45, 7) is 3.54. The molecule has 5 heteroatoms. The van der Waals surface area contributed by atoms with Crippen molar-refractivity contribution in [3.8, 4) is 17.2 Å². The van der Waals surface area contributed by atoms with Crippen LogP contribution in [-0.2, 0) is 13.1 Å². The molecule has 1 aromatic heterocycles. The van der Waals surface area contributed by atoms with Gasteiger partial charge in [0.2, 0.25) is 0 Å². The molecule has 0 unspecified atom stereocenters. The van der Waals surface area contributed by atoms with Crippen LogP contribution in [0.3, 0.4) is 0 Å². The van der Waals surface area contributed by atoms with Gasteiger partial charge in [0.25, 0.3) is 5.56 Å². The number of benzene rings is 2. The molecule has 1 saturated heterocycles. The third-order valence-corrected chi connectivity index (χ3v) is 6.82. The monoisotopic (exact) mass is 424 g/mol. The maximum Gasteiger partial charge on any atom is 0.250 e. The number of anilines is 1. The quantitative estimate of drug-likeness (QED) is 0.634. The molecule has 0 N–H and O–H groups in total. The summed E-state index contributed by atoms with van der Waals surface area (Å²) in [6, 6.07) is 22.5. The minimum Gasteiger partial charge on any atom is -0.378 e. The number of rotatable bonds is 4. The van der Waals surface area contributed by atoms with Gasteiger partial charge in [0, 0.05) is 69.2 Å². The highest BCUT2D eigenvalue weighted by Gasteiger charge is 2.36. The van der Waals surface area contributed by atoms with Gasteiger partial charge in [0.1, 0.15) is 0 Å². The molecule has 0 amide bonds. The zero-order valence-corrected chi connectivity index (χ0v) is 18.7. The Labute approximate surface area is 189 Å². The highest BCUT2D eigenvalue weighted by Crippen LogP contribution is 2.40. The molecule has 2 aliphatic heterocycles. The van der Waals surface area contributed by atoms with Crippen molar-refractivity contribution in [3.63, 3.8) is 0 Å². The van der Waals surface area contributed by atoms with Gasteiger partial charge in [-0.3, -0.25) is 9.69 Å². The van der Waals surface area contributed by atoms with Crippen molar-refractivity contribution in [1.82, 2.24) is 9.47 Å². The van der Waals surface area contributed by atoms with Crippen molar-refractivity contribution in [3.05, 3.63) is 87.8 Å². The van der Waals surface area contributed by atoms with Crippen LogP contribution >= 0.6 is 0 Å². The third kappa shape index (κ3) is 3.83. The van der Waals surface area contributed by atoms with E-state index < -0.39 is 0 Å². The SMILES string of the molecule is CN(C)c1ccc(-c2ccc(=O)n3c2[C@@H]2C[C@@H](CN(Cc4cccc(C#N)c4)C2)C3)cc1. The van der Waals surface area contributed by atoms with Gasteiger partial charge < -0.3 is 9.47 Å². The Morgan fingerprint density at radius 2 is 1.84 bits per heavy atom. The van der Waals surface area contributed by atoms with Gasteiger partial charge in [-0.15, -0.1) is 0 Å². The molecular weight excluding hydrogens is 396 g/mol. The fourth-order valence-corrected chi connectivity index (χ4v) is 5.42. The van der Waals surface area contributed by atoms with Crippen LogP contribution in [-0.4, -0.2) is 36.7 Å². The maximum atomic E-state index is 12.8. The number of aromatic nitrogens is 1. The van der Waals surface area contributed by atoms with Gasteiger partial charge in [0.15, 0.2) is 0 Å². The Kier molecular flexibility index (Phi) is 5.32. The Morgan fingerprint density at radius 1 is 1.03 bits per heavy atom. The first kappa shape index (κ1) is 20.5. The lowest BCUT2D eigenvalue weighted by atomic mass is 9.80. The Bertz CT molecular complexity index is 1240. The minimum atomic E-state index is 0.110. The van der Waals surface area contributed by atoms with Gasteiger partial charge in [-0.05, 0) is 53.8 Å². The second kappa shape index (κ2) is 8.29. The van der Waals surface area contributed by atoms with E-state index in [1.807, 2.05) is 42.9 Å². The average molecular weight is 425 g/mol. The Morgan fingerprint density at radius 3 is 2.59 bits per heavy atom. The molecule has 3 heterocycles. The van der Waals surface area contributed by atoms with Crippen LogP contribution in [0, 0.1) is 17.2 Å². The number of nitrogens with zero attached hydrogens (tertiary/aromatic N) is 4. The normalized spacial score (nSPS) is 19.8. The molecule has 5 rings (SSSR count). The molecule has 3 aromatic rings. The largest absolute Gasteiger partial charge is 0.378 e. The minimum absolute atomic E-state index is 0.110. The molecule has 32 heavy (non-hydrogen) atoms. The topological polar surface area (TPSA) is 52.3 Å². The van der Waals surface area contributed by atoms with Crippen molar-refractivity contribution >= 4 is 5.69 Å². The number of likely N-dealkylation sites (tertiary alicyclic amines) is 1. The second-order valence-corrected chi connectivity index (χ2v) is 9.33. The molecule has 0 saturated carbocycles. The van der Waals surface area contributed by atoms with Crippen LogP contribution in [0.2, 0.25) is 0 Å². The molecule has 0 aliphatic carbocycles. The summed E-state index contributed by atoms with van der Waals surface area (Å²) in [4.78, 5) is 17.4. The van der Waals surface area contributed by atoms with E-state index in [1.165, 1.54) is 22.5 Å². The molecule has 1 fully saturated rings. The van der Waals surface area contributed by atoms with Gasteiger partial charge in [0.05, 0.1) is 11.6 Å². The predicted octanol–water partition coefficient (Wildman–Crippen LogP) is 4.07. The van der Waals surface area contributed by atoms with Crippen molar-refractivity contribution < 1.29 is 0 Å². The molecule has 2 aromatic carbocycles. The van der Waals surface area contributed by atoms with E-state index in [0.29, 0.717) is 17.4 Å². The average Bonchev–Trinajstić information content (AvgIpc) is 2.80. The van der Waals surface area contributed by atoms with Crippen LogP contribution < -0.4 is 10.5 Å². The van der Waals surface area contributed by atoms with Crippen molar-refractivity contribution in [2.75, 3.05) is 32.1 Å². The number of pyridine rings is 1. The highest BCUT2D eigenvalue weighted by molar-refractivity contribution is 5.69. The molecular formula is C27H28N4O. The Hall–Kier alpha value is -3.36. The summed E-state index contributed by atoms with van der Waals surface area (Å²) >= 11 is 0. The van der Waals surface area contributed by atoms with E-state index in [0.717, 1.165) is 38.2 Å². The lowest BCUT2D eigenvalue weighted by molar-refractivity contribution is 0.115. The van der Waals surface area contributed by atoms with Crippen LogP contribution in [0.1, 0.15) is 29.2 Å². The van der Waals surface area contributed by atoms with Gasteiger partial charge in [-0.2, -0.15) is 5.26 Å². The summed E-state index contributed by atoms with van der Waals surface area (Å²) in [5.41, 5.74) is 6.68. The molecule has 162 valence electrons. The summed E-state index contributed by atoms with van der Waals surface area (Å²) in [5, 5.41) is 9.22. The molecule has 0 radical (unpaired) electrons. The number of fused-ring (bicyclic) bond motifs is 4. The molecule has 0 spiro atoms. The van der Waals surface area contributed by atoms with Crippen LogP contribution in [0.25, 0.3) is 11.1 Å². The van der Waals surface area contributed by atoms with Crippen molar-refractivity contribution in [2.45, 2.75) is 25.4 Å². The maximum absolute atomic E-state index is 12.8. The van der Waals surface area contributed by atoms with E-state index in [-0.39, 0.29) is 5.56 Å². The predicted molar refractivity (Wildman–Crippen MR) is 128 cm³/mol. The second-order valence-electron chi connectivity index (χ2n) is 9.33. The summed E-state index contributed by atoms with van der Waals surface area (Å²) in [5.74, 6) is 0.809. The standard InChI is InChI=1S/C27H28N4O/c1-29(2)24-8-6-22(7-9-24)25-10-11-26(32)31-17-21-13-23(27(25)31)18-30(16-21)15-20-5-3-4-19(12-20)14-28/h3-12,21,23H,13,15-18H2,1-2H3/t21-,23+/m0/s1. The zero-order chi connectivity index (χ0) is 22.2. The summed E-state index contributed by atoms with van der Waals surface area (Å²) < 4.78 is 2.03. The first-order chi connectivity index (χ1) is 15.5. The molecule has 2 bridgehead atoms. The fraction of sp³-hybridized carbons (Fsp3) is 0.333. The third-order valence-electron chi connectivity index (χ3n) is 6.82. The number of piperidine rings is 1. The van der Waals surface area contributed by atoms with Gasteiger partial charge in [-0.25, -0.2) is 0 Å². The van der Waals surface area contributed by atoms with E-state index in [1.54, 1.807) is 6.07 Å². The summed E-state index contributed by atoms with van der Waals surface area (Å²) in [6.07, 6.45) is 1.13. The number of hydrogen-bond donors (Lipinski definition) is 0. The number of nitriles is 1. The van der Waals surface area contributed by atoms with E-state index in [2.05, 4.69) is 46.2 Å². The molecule has 2 aliphatic rings. The lowest BCUT2D eigenvalue weighted by Crippen LogP contribution is -2.47. The first-order valence-corrected chi connectivity index (χ1v) is 11.2. The molecule has 5 nitrogen and oxygen atoms in total. The number of hydrogen-bond acceptors (Lipinski definition) is 4. The Balaban J connectivity index is 1.47. The smallest absolute Gasteiger partial charge is 0.250 e. The highest BCUT2D eigenvalue weighted by atomic mass is 16.1. The lowest BCUT2D eigenvalue weighted by Gasteiger charge is -2.43. The van der Waals surface area contributed by atoms with Crippen LogP contribution in [0.5, 0.6) is 0 Å². The van der Waals surface area contributed by atoms with E-state index in [9.17, 15) is 10.1 Å². The molecule has 2 atom stereocenters. The van der Waals surface area contributed by atoms with Crippen molar-refractivity contribution in [2.24, 2.45) is 5.92 Å². The first-order valence-electron chi connectivity index (χ1n) is 11.2. The summed E-state index contributed by atoms with van der Waals surface area (Å²) in [7, 11) is 4.09. The van der Waals surface area contributed by atoms with Gasteiger partial charge in [-0.1, -0.05) is 24.3 Å². The van der Waals surface area contributed by atoms with Crippen LogP contribution in [0.15, 0.2) is 65.5 Å². The van der Waals surface area contributed by atoms with E-state index >= 15 is 0 Å². The fourth-order valence-electron chi connectivity index (χ4n) is 5.42. The van der Waals surface area contributed by atoms with Gasteiger partial charge >= 0.3 is 0 Å².